The van der Waals surface area contributed by atoms with Gasteiger partial charge in [0.15, 0.2) is 0 Å². The van der Waals surface area contributed by atoms with Crippen molar-refractivity contribution in [2.24, 2.45) is 11.1 Å². The van der Waals surface area contributed by atoms with Crippen molar-refractivity contribution >= 4 is 27.5 Å². The third-order valence-electron chi connectivity index (χ3n) is 3.45. The molecule has 3 N–H and O–H groups in total. The molecule has 1 unspecified atom stereocenters. The van der Waals surface area contributed by atoms with Crippen molar-refractivity contribution in [3.05, 3.63) is 27.7 Å². The van der Waals surface area contributed by atoms with Crippen molar-refractivity contribution in [1.29, 1.82) is 0 Å². The minimum absolute atomic E-state index is 0.0276. The van der Waals surface area contributed by atoms with Crippen LogP contribution in [0, 0.1) is 19.3 Å². The van der Waals surface area contributed by atoms with E-state index in [0.717, 1.165) is 27.7 Å². The molecule has 18 heavy (non-hydrogen) atoms. The van der Waals surface area contributed by atoms with Crippen molar-refractivity contribution in [2.45, 2.75) is 34.1 Å². The van der Waals surface area contributed by atoms with Crippen LogP contribution in [-0.2, 0) is 4.79 Å². The lowest BCUT2D eigenvalue weighted by atomic mass is 9.86. The summed E-state index contributed by atoms with van der Waals surface area (Å²) in [4.78, 5) is 12.3. The van der Waals surface area contributed by atoms with Crippen molar-refractivity contribution in [3.63, 3.8) is 0 Å². The number of benzene rings is 1. The fourth-order valence-electron chi connectivity index (χ4n) is 1.74. The molecule has 0 spiro atoms. The molecule has 0 aliphatic heterocycles. The predicted octanol–water partition coefficient (Wildman–Crippen LogP) is 3.38. The van der Waals surface area contributed by atoms with E-state index >= 15 is 0 Å². The molecule has 0 aromatic heterocycles. The summed E-state index contributed by atoms with van der Waals surface area (Å²) in [6.45, 7) is 8.22. The Labute approximate surface area is 117 Å². The van der Waals surface area contributed by atoms with Gasteiger partial charge in [0.1, 0.15) is 0 Å². The zero-order valence-corrected chi connectivity index (χ0v) is 13.0. The molecule has 0 saturated carbocycles. The minimum atomic E-state index is -0.517. The van der Waals surface area contributed by atoms with Crippen LogP contribution in [-0.4, -0.2) is 12.5 Å². The molecule has 100 valence electrons. The molecule has 4 heteroatoms. The highest BCUT2D eigenvalue weighted by Gasteiger charge is 2.30. The van der Waals surface area contributed by atoms with E-state index in [0.29, 0.717) is 6.54 Å². The highest BCUT2D eigenvalue weighted by molar-refractivity contribution is 9.10. The van der Waals surface area contributed by atoms with E-state index in [9.17, 15) is 4.79 Å². The van der Waals surface area contributed by atoms with Crippen LogP contribution in [0.15, 0.2) is 16.6 Å². The number of anilines is 1. The third-order valence-corrected chi connectivity index (χ3v) is 4.07. The molecule has 3 nitrogen and oxygen atoms in total. The third kappa shape index (κ3) is 3.12. The van der Waals surface area contributed by atoms with E-state index in [2.05, 4.69) is 21.2 Å². The fraction of sp³-hybridized carbons (Fsp3) is 0.500. The van der Waals surface area contributed by atoms with Gasteiger partial charge >= 0.3 is 0 Å². The lowest BCUT2D eigenvalue weighted by Crippen LogP contribution is -2.39. The second-order valence-electron chi connectivity index (χ2n) is 5.01. The summed E-state index contributed by atoms with van der Waals surface area (Å²) in [5.41, 5.74) is 8.22. The van der Waals surface area contributed by atoms with Gasteiger partial charge in [-0.2, -0.15) is 0 Å². The van der Waals surface area contributed by atoms with Gasteiger partial charge in [-0.05, 0) is 60.3 Å². The van der Waals surface area contributed by atoms with E-state index < -0.39 is 5.41 Å². The zero-order chi connectivity index (χ0) is 13.9. The standard InChI is InChI=1S/C14H21BrN2O/c1-5-14(4,8-16)13(18)17-12-10(3)6-9(2)7-11(12)15/h6-7H,5,8,16H2,1-4H3,(H,17,18). The number of halogens is 1. The molecule has 0 heterocycles. The molecule has 0 saturated heterocycles. The van der Waals surface area contributed by atoms with Gasteiger partial charge in [-0.3, -0.25) is 4.79 Å². The minimum Gasteiger partial charge on any atom is -0.329 e. The monoisotopic (exact) mass is 312 g/mol. The Morgan fingerprint density at radius 2 is 2.06 bits per heavy atom. The maximum atomic E-state index is 12.3. The van der Waals surface area contributed by atoms with Gasteiger partial charge in [-0.15, -0.1) is 0 Å². The Bertz CT molecular complexity index is 430. The van der Waals surface area contributed by atoms with Gasteiger partial charge in [0.25, 0.3) is 0 Å². The van der Waals surface area contributed by atoms with E-state index in [-0.39, 0.29) is 5.91 Å². The van der Waals surface area contributed by atoms with Gasteiger partial charge in [-0.25, -0.2) is 0 Å². The number of carbonyl (C=O) groups excluding carboxylic acids is 1. The smallest absolute Gasteiger partial charge is 0.231 e. The lowest BCUT2D eigenvalue weighted by Gasteiger charge is -2.26. The molecular weight excluding hydrogens is 292 g/mol. The molecule has 1 amide bonds. The molecule has 0 aliphatic carbocycles. The van der Waals surface area contributed by atoms with Crippen molar-refractivity contribution in [1.82, 2.24) is 0 Å². The summed E-state index contributed by atoms with van der Waals surface area (Å²) >= 11 is 3.49. The summed E-state index contributed by atoms with van der Waals surface area (Å²) in [5.74, 6) is -0.0276. The van der Waals surface area contributed by atoms with E-state index in [1.807, 2.05) is 39.8 Å². The molecule has 0 bridgehead atoms. The summed E-state index contributed by atoms with van der Waals surface area (Å²) in [6.07, 6.45) is 0.720. The van der Waals surface area contributed by atoms with Crippen molar-refractivity contribution in [2.75, 3.05) is 11.9 Å². The fourth-order valence-corrected chi connectivity index (χ4v) is 2.51. The lowest BCUT2D eigenvalue weighted by molar-refractivity contribution is -0.124. The average Bonchev–Trinajstić information content (AvgIpc) is 2.32. The molecular formula is C14H21BrN2O. The van der Waals surface area contributed by atoms with Crippen LogP contribution in [0.3, 0.4) is 0 Å². The number of hydrogen-bond acceptors (Lipinski definition) is 2. The highest BCUT2D eigenvalue weighted by atomic mass is 79.9. The Kier molecular flexibility index (Phi) is 4.93. The van der Waals surface area contributed by atoms with Crippen LogP contribution >= 0.6 is 15.9 Å². The van der Waals surface area contributed by atoms with Crippen LogP contribution < -0.4 is 11.1 Å². The summed E-state index contributed by atoms with van der Waals surface area (Å²) in [5, 5.41) is 2.98. The van der Waals surface area contributed by atoms with Gasteiger partial charge in [0.2, 0.25) is 5.91 Å². The number of nitrogens with two attached hydrogens (primary N) is 1. The predicted molar refractivity (Wildman–Crippen MR) is 79.7 cm³/mol. The first-order chi connectivity index (χ1) is 8.34. The SMILES string of the molecule is CCC(C)(CN)C(=O)Nc1c(C)cc(C)cc1Br. The van der Waals surface area contributed by atoms with Crippen LogP contribution in [0.1, 0.15) is 31.4 Å². The van der Waals surface area contributed by atoms with Crippen molar-refractivity contribution < 1.29 is 4.79 Å². The maximum Gasteiger partial charge on any atom is 0.231 e. The Balaban J connectivity index is 3.02. The number of carbonyl (C=O) groups is 1. The molecule has 0 radical (unpaired) electrons. The number of hydrogen-bond donors (Lipinski definition) is 2. The van der Waals surface area contributed by atoms with E-state index in [1.165, 1.54) is 0 Å². The summed E-state index contributed by atoms with van der Waals surface area (Å²) < 4.78 is 0.906. The molecule has 1 rings (SSSR count). The first-order valence-corrected chi connectivity index (χ1v) is 6.91. The zero-order valence-electron chi connectivity index (χ0n) is 11.4. The average molecular weight is 313 g/mol. The number of nitrogens with one attached hydrogen (secondary N) is 1. The summed E-state index contributed by atoms with van der Waals surface area (Å²) in [7, 11) is 0. The highest BCUT2D eigenvalue weighted by Crippen LogP contribution is 2.30. The largest absolute Gasteiger partial charge is 0.329 e. The molecule has 1 aromatic carbocycles. The second kappa shape index (κ2) is 5.85. The van der Waals surface area contributed by atoms with Crippen LogP contribution in [0.4, 0.5) is 5.69 Å². The van der Waals surface area contributed by atoms with E-state index in [4.69, 9.17) is 5.73 Å². The number of rotatable bonds is 4. The molecule has 0 aliphatic rings. The second-order valence-corrected chi connectivity index (χ2v) is 5.87. The van der Waals surface area contributed by atoms with Crippen LogP contribution in [0.2, 0.25) is 0 Å². The quantitative estimate of drug-likeness (QED) is 0.895. The maximum absolute atomic E-state index is 12.3. The first-order valence-electron chi connectivity index (χ1n) is 6.12. The first kappa shape index (κ1) is 15.2. The van der Waals surface area contributed by atoms with Gasteiger partial charge in [0, 0.05) is 11.0 Å². The number of amides is 1. The number of aryl methyl sites for hydroxylation is 2. The normalized spacial score (nSPS) is 14.1. The molecule has 1 aromatic rings. The van der Waals surface area contributed by atoms with Crippen molar-refractivity contribution in [3.8, 4) is 0 Å². The van der Waals surface area contributed by atoms with E-state index in [1.54, 1.807) is 0 Å². The van der Waals surface area contributed by atoms with Gasteiger partial charge in [-0.1, -0.05) is 13.0 Å². The van der Waals surface area contributed by atoms with Crippen LogP contribution in [0.25, 0.3) is 0 Å². The Morgan fingerprint density at radius 3 is 2.50 bits per heavy atom. The topological polar surface area (TPSA) is 55.1 Å². The molecule has 0 fully saturated rings. The summed E-state index contributed by atoms with van der Waals surface area (Å²) in [6, 6.07) is 4.04. The Hall–Kier alpha value is -0.870. The van der Waals surface area contributed by atoms with Gasteiger partial charge in [0.05, 0.1) is 11.1 Å². The van der Waals surface area contributed by atoms with Gasteiger partial charge < -0.3 is 11.1 Å². The van der Waals surface area contributed by atoms with Crippen LogP contribution in [0.5, 0.6) is 0 Å². The molecule has 1 atom stereocenters. The Morgan fingerprint density at radius 1 is 1.44 bits per heavy atom.